The molecule has 2 fully saturated rings. The smallest absolute Gasteiger partial charge is 0.246 e. The van der Waals surface area contributed by atoms with Crippen LogP contribution >= 0.6 is 0 Å². The van der Waals surface area contributed by atoms with E-state index in [1.165, 1.54) is 17.7 Å². The lowest BCUT2D eigenvalue weighted by Crippen LogP contribution is -2.45. The lowest BCUT2D eigenvalue weighted by Gasteiger charge is -2.28. The molecular weight excluding hydrogens is 228 g/mol. The van der Waals surface area contributed by atoms with Crippen molar-refractivity contribution in [2.45, 2.75) is 64.5 Å². The molecule has 2 rings (SSSR count). The van der Waals surface area contributed by atoms with Crippen LogP contribution in [0.1, 0.15) is 52.4 Å². The molecule has 1 heterocycles. The average molecular weight is 252 g/mol. The van der Waals surface area contributed by atoms with Gasteiger partial charge < -0.3 is 5.32 Å². The fourth-order valence-corrected chi connectivity index (χ4v) is 2.98. The summed E-state index contributed by atoms with van der Waals surface area (Å²) in [4.78, 5) is 25.3. The van der Waals surface area contributed by atoms with Crippen LogP contribution in [0, 0.1) is 5.92 Å². The summed E-state index contributed by atoms with van der Waals surface area (Å²) in [7, 11) is 0. The number of hydrogen-bond acceptors (Lipinski definition) is 3. The minimum atomic E-state index is -0.262. The Kier molecular flexibility index (Phi) is 4.38. The van der Waals surface area contributed by atoms with Gasteiger partial charge in [-0.1, -0.05) is 13.8 Å². The van der Waals surface area contributed by atoms with Gasteiger partial charge in [-0.3, -0.25) is 14.5 Å². The van der Waals surface area contributed by atoms with Crippen molar-refractivity contribution in [3.8, 4) is 0 Å². The molecule has 1 atom stereocenters. The number of rotatable bonds is 4. The summed E-state index contributed by atoms with van der Waals surface area (Å²) in [6.07, 6.45) is 5.91. The zero-order valence-electron chi connectivity index (χ0n) is 11.4. The molecule has 0 aromatic carbocycles. The Hall–Kier alpha value is -0.900. The predicted octanol–water partition coefficient (Wildman–Crippen LogP) is 1.69. The van der Waals surface area contributed by atoms with Crippen LogP contribution in [0.5, 0.6) is 0 Å². The second-order valence-electron chi connectivity index (χ2n) is 5.76. The first-order valence-electron chi connectivity index (χ1n) is 7.22. The van der Waals surface area contributed by atoms with E-state index in [-0.39, 0.29) is 17.9 Å². The number of carbonyl (C=O) groups is 2. The minimum absolute atomic E-state index is 0.0106. The third-order valence-electron chi connectivity index (χ3n) is 4.14. The van der Waals surface area contributed by atoms with E-state index >= 15 is 0 Å². The van der Waals surface area contributed by atoms with E-state index in [0.29, 0.717) is 19.0 Å². The number of amides is 2. The highest BCUT2D eigenvalue weighted by Gasteiger charge is 2.38. The molecule has 1 unspecified atom stereocenters. The van der Waals surface area contributed by atoms with Crippen molar-refractivity contribution in [1.29, 1.82) is 0 Å². The fourth-order valence-electron chi connectivity index (χ4n) is 2.98. The first-order valence-corrected chi connectivity index (χ1v) is 7.22. The van der Waals surface area contributed by atoms with Crippen LogP contribution in [0.4, 0.5) is 0 Å². The molecule has 4 heteroatoms. The SMILES string of the molecule is CCCN1C(=O)CC(NC2CCC(C)CC2)C1=O. The van der Waals surface area contributed by atoms with E-state index in [1.54, 1.807) is 0 Å². The van der Waals surface area contributed by atoms with E-state index in [1.807, 2.05) is 6.92 Å². The lowest BCUT2D eigenvalue weighted by molar-refractivity contribution is -0.138. The van der Waals surface area contributed by atoms with Gasteiger partial charge in [-0.25, -0.2) is 0 Å². The number of likely N-dealkylation sites (tertiary alicyclic amines) is 1. The van der Waals surface area contributed by atoms with Gasteiger partial charge in [0, 0.05) is 12.6 Å². The van der Waals surface area contributed by atoms with Crippen molar-refractivity contribution in [2.24, 2.45) is 5.92 Å². The molecule has 18 heavy (non-hydrogen) atoms. The van der Waals surface area contributed by atoms with E-state index < -0.39 is 0 Å². The molecule has 1 aliphatic heterocycles. The standard InChI is InChI=1S/C14H24N2O2/c1-3-8-16-13(17)9-12(14(16)18)15-11-6-4-10(2)5-7-11/h10-12,15H,3-9H2,1-2H3. The minimum Gasteiger partial charge on any atom is -0.303 e. The van der Waals surface area contributed by atoms with Crippen LogP contribution in [0.25, 0.3) is 0 Å². The molecule has 1 N–H and O–H groups in total. The molecule has 0 aromatic rings. The van der Waals surface area contributed by atoms with Gasteiger partial charge in [0.1, 0.15) is 0 Å². The third-order valence-corrected chi connectivity index (χ3v) is 4.14. The van der Waals surface area contributed by atoms with E-state index in [4.69, 9.17) is 0 Å². The maximum Gasteiger partial charge on any atom is 0.246 e. The summed E-state index contributed by atoms with van der Waals surface area (Å²) in [5.41, 5.74) is 0. The Morgan fingerprint density at radius 1 is 1.22 bits per heavy atom. The number of hydrogen-bond donors (Lipinski definition) is 1. The topological polar surface area (TPSA) is 49.4 Å². The van der Waals surface area contributed by atoms with Gasteiger partial charge in [-0.15, -0.1) is 0 Å². The fraction of sp³-hybridized carbons (Fsp3) is 0.857. The van der Waals surface area contributed by atoms with Crippen molar-refractivity contribution in [2.75, 3.05) is 6.54 Å². The van der Waals surface area contributed by atoms with E-state index in [0.717, 1.165) is 25.2 Å². The molecule has 0 spiro atoms. The lowest BCUT2D eigenvalue weighted by atomic mass is 9.87. The van der Waals surface area contributed by atoms with Crippen LogP contribution in [-0.2, 0) is 9.59 Å². The normalized spacial score (nSPS) is 33.2. The second-order valence-corrected chi connectivity index (χ2v) is 5.76. The van der Waals surface area contributed by atoms with Gasteiger partial charge in [0.15, 0.2) is 0 Å². The molecule has 0 aromatic heterocycles. The van der Waals surface area contributed by atoms with Crippen molar-refractivity contribution >= 4 is 11.8 Å². The Balaban J connectivity index is 1.87. The van der Waals surface area contributed by atoms with Crippen molar-refractivity contribution in [3.63, 3.8) is 0 Å². The van der Waals surface area contributed by atoms with Crippen LogP contribution in [0.2, 0.25) is 0 Å². The summed E-state index contributed by atoms with van der Waals surface area (Å²) in [6, 6.07) is 0.159. The summed E-state index contributed by atoms with van der Waals surface area (Å²) >= 11 is 0. The van der Waals surface area contributed by atoms with Gasteiger partial charge in [0.05, 0.1) is 12.5 Å². The van der Waals surface area contributed by atoms with Gasteiger partial charge >= 0.3 is 0 Å². The first-order chi connectivity index (χ1) is 8.61. The zero-order valence-corrected chi connectivity index (χ0v) is 11.4. The molecule has 0 bridgehead atoms. The molecule has 1 aliphatic carbocycles. The van der Waals surface area contributed by atoms with E-state index in [2.05, 4.69) is 12.2 Å². The third kappa shape index (κ3) is 2.91. The average Bonchev–Trinajstić information content (AvgIpc) is 2.60. The Morgan fingerprint density at radius 2 is 1.89 bits per heavy atom. The molecule has 4 nitrogen and oxygen atoms in total. The van der Waals surface area contributed by atoms with Crippen molar-refractivity contribution < 1.29 is 9.59 Å². The second kappa shape index (κ2) is 5.83. The molecule has 2 aliphatic rings. The summed E-state index contributed by atoms with van der Waals surface area (Å²) in [6.45, 7) is 4.84. The monoisotopic (exact) mass is 252 g/mol. The van der Waals surface area contributed by atoms with Crippen LogP contribution in [-0.4, -0.2) is 35.3 Å². The number of imide groups is 1. The molecule has 2 amide bonds. The summed E-state index contributed by atoms with van der Waals surface area (Å²) in [5, 5.41) is 3.39. The number of nitrogens with zero attached hydrogens (tertiary/aromatic N) is 1. The molecule has 0 radical (unpaired) electrons. The molecule has 1 saturated carbocycles. The molecule has 1 saturated heterocycles. The molecular formula is C14H24N2O2. The first kappa shape index (κ1) is 13.5. The highest BCUT2D eigenvalue weighted by molar-refractivity contribution is 6.05. The molecule has 102 valence electrons. The maximum absolute atomic E-state index is 12.1. The Bertz CT molecular complexity index is 322. The highest BCUT2D eigenvalue weighted by Crippen LogP contribution is 2.25. The predicted molar refractivity (Wildman–Crippen MR) is 70.0 cm³/mol. The van der Waals surface area contributed by atoms with Gasteiger partial charge in [0.25, 0.3) is 0 Å². The number of carbonyl (C=O) groups excluding carboxylic acids is 2. The zero-order chi connectivity index (χ0) is 13.1. The van der Waals surface area contributed by atoms with Gasteiger partial charge in [-0.05, 0) is 38.0 Å². The van der Waals surface area contributed by atoms with Gasteiger partial charge in [0.2, 0.25) is 11.8 Å². The summed E-state index contributed by atoms with van der Waals surface area (Å²) < 4.78 is 0. The van der Waals surface area contributed by atoms with Crippen molar-refractivity contribution in [1.82, 2.24) is 10.2 Å². The van der Waals surface area contributed by atoms with Gasteiger partial charge in [-0.2, -0.15) is 0 Å². The van der Waals surface area contributed by atoms with Crippen LogP contribution in [0.3, 0.4) is 0 Å². The Labute approximate surface area is 109 Å². The highest BCUT2D eigenvalue weighted by atomic mass is 16.2. The van der Waals surface area contributed by atoms with Crippen LogP contribution < -0.4 is 5.32 Å². The number of nitrogens with one attached hydrogen (secondary N) is 1. The maximum atomic E-state index is 12.1. The van der Waals surface area contributed by atoms with Crippen molar-refractivity contribution in [3.05, 3.63) is 0 Å². The summed E-state index contributed by atoms with van der Waals surface area (Å²) in [5.74, 6) is 0.782. The Morgan fingerprint density at radius 3 is 2.50 bits per heavy atom. The van der Waals surface area contributed by atoms with Crippen LogP contribution in [0.15, 0.2) is 0 Å². The largest absolute Gasteiger partial charge is 0.303 e. The quantitative estimate of drug-likeness (QED) is 0.775. The van der Waals surface area contributed by atoms with E-state index in [9.17, 15) is 9.59 Å².